The van der Waals surface area contributed by atoms with E-state index in [9.17, 15) is 9.59 Å². The number of carbonyl (C=O) groups excluding carboxylic acids is 2. The van der Waals surface area contributed by atoms with Crippen molar-refractivity contribution in [2.45, 2.75) is 27.2 Å². The van der Waals surface area contributed by atoms with Gasteiger partial charge in [0.25, 0.3) is 0 Å². The number of hydrogen-bond donors (Lipinski definition) is 0. The molecule has 0 radical (unpaired) electrons. The lowest BCUT2D eigenvalue weighted by atomic mass is 10.1. The van der Waals surface area contributed by atoms with Gasteiger partial charge in [0.2, 0.25) is 0 Å². The fourth-order valence-corrected chi connectivity index (χ4v) is 0.917. The molecule has 76 valence electrons. The fourth-order valence-electron chi connectivity index (χ4n) is 0.917. The average Bonchev–Trinajstić information content (AvgIpc) is 2.03. The van der Waals surface area contributed by atoms with Gasteiger partial charge in [0.15, 0.2) is 0 Å². The number of carbonyl (C=O) groups is 2. The van der Waals surface area contributed by atoms with Crippen molar-refractivity contribution in [3.63, 3.8) is 0 Å². The van der Waals surface area contributed by atoms with Crippen molar-refractivity contribution < 1.29 is 9.59 Å². The van der Waals surface area contributed by atoms with E-state index in [2.05, 4.69) is 0 Å². The maximum absolute atomic E-state index is 11.3. The van der Waals surface area contributed by atoms with Crippen molar-refractivity contribution in [2.75, 3.05) is 20.1 Å². The summed E-state index contributed by atoms with van der Waals surface area (Å²) in [5, 5.41) is 0. The first-order valence-corrected chi connectivity index (χ1v) is 4.70. The molecule has 0 aliphatic heterocycles. The van der Waals surface area contributed by atoms with Crippen molar-refractivity contribution >= 4 is 11.6 Å². The Hall–Kier alpha value is -0.700. The molecule has 0 amide bonds. The topological polar surface area (TPSA) is 37.4 Å². The fraction of sp³-hybridized carbons (Fsp3) is 0.800. The number of Topliss-reactive ketones (excluding diaryl/α,β-unsaturated/α-hetero) is 2. The Morgan fingerprint density at radius 2 is 1.77 bits per heavy atom. The summed E-state index contributed by atoms with van der Waals surface area (Å²) in [6, 6.07) is 0. The van der Waals surface area contributed by atoms with Crippen LogP contribution in [-0.4, -0.2) is 36.6 Å². The van der Waals surface area contributed by atoms with Crippen LogP contribution in [0.4, 0.5) is 0 Å². The average molecular weight is 185 g/mol. The normalized spacial score (nSPS) is 10.9. The molecule has 0 saturated heterocycles. The summed E-state index contributed by atoms with van der Waals surface area (Å²) in [7, 11) is 1.80. The van der Waals surface area contributed by atoms with Crippen LogP contribution in [0.15, 0.2) is 0 Å². The van der Waals surface area contributed by atoms with Gasteiger partial charge in [-0.15, -0.1) is 0 Å². The Bertz CT molecular complexity index is 187. The van der Waals surface area contributed by atoms with Crippen molar-refractivity contribution in [3.8, 4) is 0 Å². The third kappa shape index (κ3) is 5.53. The molecule has 0 saturated carbocycles. The highest BCUT2D eigenvalue weighted by Crippen LogP contribution is 1.96. The Kier molecular flexibility index (Phi) is 5.55. The third-order valence-corrected chi connectivity index (χ3v) is 1.91. The van der Waals surface area contributed by atoms with Crippen LogP contribution in [0.5, 0.6) is 0 Å². The maximum Gasteiger partial charge on any atom is 0.149 e. The van der Waals surface area contributed by atoms with Crippen LogP contribution >= 0.6 is 0 Å². The Balaban J connectivity index is 3.80. The molecule has 0 aromatic rings. The predicted molar refractivity (Wildman–Crippen MR) is 52.6 cm³/mol. The lowest BCUT2D eigenvalue weighted by molar-refractivity contribution is -0.124. The van der Waals surface area contributed by atoms with E-state index in [1.165, 1.54) is 0 Å². The van der Waals surface area contributed by atoms with Crippen molar-refractivity contribution in [2.24, 2.45) is 5.92 Å². The SMILES string of the molecule is CCC(=O)CN(C)CC(=O)C(C)C. The van der Waals surface area contributed by atoms with Crippen LogP contribution in [0.2, 0.25) is 0 Å². The highest BCUT2D eigenvalue weighted by atomic mass is 16.1. The number of rotatable bonds is 6. The minimum absolute atomic E-state index is 0.0548. The number of ketones is 2. The van der Waals surface area contributed by atoms with Gasteiger partial charge < -0.3 is 0 Å². The monoisotopic (exact) mass is 185 g/mol. The van der Waals surface area contributed by atoms with Crippen LogP contribution in [0.3, 0.4) is 0 Å². The molecular formula is C10H19NO2. The molecule has 0 N–H and O–H groups in total. The van der Waals surface area contributed by atoms with Gasteiger partial charge in [0.05, 0.1) is 13.1 Å². The van der Waals surface area contributed by atoms with Gasteiger partial charge in [-0.25, -0.2) is 0 Å². The smallest absolute Gasteiger partial charge is 0.149 e. The molecule has 0 bridgehead atoms. The number of hydrogen-bond acceptors (Lipinski definition) is 3. The second kappa shape index (κ2) is 5.86. The highest BCUT2D eigenvalue weighted by molar-refractivity contribution is 5.84. The van der Waals surface area contributed by atoms with E-state index in [-0.39, 0.29) is 17.5 Å². The summed E-state index contributed by atoms with van der Waals surface area (Å²) in [5.74, 6) is 0.421. The molecule has 0 rings (SSSR count). The van der Waals surface area contributed by atoms with Crippen LogP contribution in [0, 0.1) is 5.92 Å². The molecular weight excluding hydrogens is 166 g/mol. The Labute approximate surface area is 80.1 Å². The van der Waals surface area contributed by atoms with Crippen molar-refractivity contribution in [3.05, 3.63) is 0 Å². The molecule has 3 heteroatoms. The summed E-state index contributed by atoms with van der Waals surface area (Å²) in [5.41, 5.74) is 0. The van der Waals surface area contributed by atoms with Gasteiger partial charge >= 0.3 is 0 Å². The molecule has 0 heterocycles. The van der Waals surface area contributed by atoms with Gasteiger partial charge in [-0.2, -0.15) is 0 Å². The van der Waals surface area contributed by atoms with E-state index in [4.69, 9.17) is 0 Å². The minimum atomic E-state index is 0.0548. The van der Waals surface area contributed by atoms with E-state index in [0.29, 0.717) is 19.5 Å². The zero-order valence-electron chi connectivity index (χ0n) is 8.96. The molecule has 0 aromatic carbocycles. The van der Waals surface area contributed by atoms with Crippen LogP contribution in [0.25, 0.3) is 0 Å². The summed E-state index contributed by atoms with van der Waals surface area (Å²) in [6.45, 7) is 6.34. The van der Waals surface area contributed by atoms with E-state index in [1.807, 2.05) is 20.8 Å². The van der Waals surface area contributed by atoms with E-state index < -0.39 is 0 Å². The first-order valence-electron chi connectivity index (χ1n) is 4.70. The van der Waals surface area contributed by atoms with Gasteiger partial charge in [0, 0.05) is 12.3 Å². The Morgan fingerprint density at radius 3 is 2.15 bits per heavy atom. The Morgan fingerprint density at radius 1 is 1.23 bits per heavy atom. The molecule has 0 fully saturated rings. The quantitative estimate of drug-likeness (QED) is 0.622. The lowest BCUT2D eigenvalue weighted by Crippen LogP contribution is -2.32. The molecule has 0 aliphatic carbocycles. The first kappa shape index (κ1) is 12.3. The molecule has 0 aromatic heterocycles. The second-order valence-electron chi connectivity index (χ2n) is 3.69. The molecule has 0 aliphatic rings. The molecule has 13 heavy (non-hydrogen) atoms. The predicted octanol–water partition coefficient (Wildman–Crippen LogP) is 1.12. The highest BCUT2D eigenvalue weighted by Gasteiger charge is 2.11. The van der Waals surface area contributed by atoms with E-state index in [0.717, 1.165) is 0 Å². The van der Waals surface area contributed by atoms with Crippen molar-refractivity contribution in [1.82, 2.24) is 4.90 Å². The molecule has 0 unspecified atom stereocenters. The van der Waals surface area contributed by atoms with Gasteiger partial charge in [-0.3, -0.25) is 14.5 Å². The maximum atomic E-state index is 11.3. The van der Waals surface area contributed by atoms with Crippen molar-refractivity contribution in [1.29, 1.82) is 0 Å². The summed E-state index contributed by atoms with van der Waals surface area (Å²) in [6.07, 6.45) is 0.542. The number of likely N-dealkylation sites (N-methyl/N-ethyl adjacent to an activating group) is 1. The van der Waals surface area contributed by atoms with Gasteiger partial charge in [-0.1, -0.05) is 20.8 Å². The zero-order chi connectivity index (χ0) is 10.4. The van der Waals surface area contributed by atoms with Crippen LogP contribution < -0.4 is 0 Å². The van der Waals surface area contributed by atoms with Gasteiger partial charge in [-0.05, 0) is 7.05 Å². The largest absolute Gasteiger partial charge is 0.298 e. The zero-order valence-corrected chi connectivity index (χ0v) is 8.96. The summed E-state index contributed by atoms with van der Waals surface area (Å²) in [4.78, 5) is 24.1. The van der Waals surface area contributed by atoms with Gasteiger partial charge in [0.1, 0.15) is 11.6 Å². The third-order valence-electron chi connectivity index (χ3n) is 1.91. The number of nitrogens with zero attached hydrogens (tertiary/aromatic N) is 1. The standard InChI is InChI=1S/C10H19NO2/c1-5-9(12)6-11(4)7-10(13)8(2)3/h8H,5-7H2,1-4H3. The molecule has 0 atom stereocenters. The minimum Gasteiger partial charge on any atom is -0.298 e. The summed E-state index contributed by atoms with van der Waals surface area (Å²) < 4.78 is 0. The van der Waals surface area contributed by atoms with E-state index in [1.54, 1.807) is 11.9 Å². The molecule has 0 spiro atoms. The van der Waals surface area contributed by atoms with E-state index >= 15 is 0 Å². The molecule has 3 nitrogen and oxygen atoms in total. The first-order chi connectivity index (χ1) is 5.97. The second-order valence-corrected chi connectivity index (χ2v) is 3.69. The van der Waals surface area contributed by atoms with Crippen LogP contribution in [-0.2, 0) is 9.59 Å². The summed E-state index contributed by atoms with van der Waals surface area (Å²) >= 11 is 0. The van der Waals surface area contributed by atoms with Crippen LogP contribution in [0.1, 0.15) is 27.2 Å². The lowest BCUT2D eigenvalue weighted by Gasteiger charge is -2.15.